The Morgan fingerprint density at radius 2 is 1.78 bits per heavy atom. The number of carbonyl (C=O) groups is 2. The van der Waals surface area contributed by atoms with E-state index in [-0.39, 0.29) is 0 Å². The lowest BCUT2D eigenvalue weighted by Gasteiger charge is -2.12. The van der Waals surface area contributed by atoms with E-state index in [1.807, 2.05) is 0 Å². The molecular weight excluding hydrogens is 292 g/mol. The molecule has 0 fully saturated rings. The summed E-state index contributed by atoms with van der Waals surface area (Å²) in [6.07, 6.45) is 12.5. The third kappa shape index (κ3) is 7.77. The van der Waals surface area contributed by atoms with Gasteiger partial charge in [0.15, 0.2) is 5.92 Å². The van der Waals surface area contributed by atoms with Crippen LogP contribution >= 0.6 is 0 Å². The van der Waals surface area contributed by atoms with E-state index in [0.717, 1.165) is 12.8 Å². The molecule has 0 aromatic carbocycles. The van der Waals surface area contributed by atoms with E-state index in [1.165, 1.54) is 44.7 Å². The van der Waals surface area contributed by atoms with Crippen molar-refractivity contribution in [3.05, 3.63) is 30.1 Å². The molecule has 5 heteroatoms. The van der Waals surface area contributed by atoms with E-state index in [1.54, 1.807) is 18.3 Å². The fourth-order valence-electron chi connectivity index (χ4n) is 2.53. The van der Waals surface area contributed by atoms with Gasteiger partial charge in [0.05, 0.1) is 0 Å². The molecule has 0 aliphatic heterocycles. The van der Waals surface area contributed by atoms with Gasteiger partial charge in [-0.05, 0) is 18.1 Å². The highest BCUT2D eigenvalue weighted by molar-refractivity contribution is 6.02. The number of aliphatic carboxylic acids is 1. The third-order valence-corrected chi connectivity index (χ3v) is 3.86. The van der Waals surface area contributed by atoms with Crippen molar-refractivity contribution >= 4 is 11.9 Å². The molecule has 5 nitrogen and oxygen atoms in total. The van der Waals surface area contributed by atoms with E-state index in [9.17, 15) is 14.7 Å². The van der Waals surface area contributed by atoms with Crippen molar-refractivity contribution in [2.45, 2.75) is 64.2 Å². The number of amides is 1. The van der Waals surface area contributed by atoms with Crippen LogP contribution in [0.25, 0.3) is 0 Å². The zero-order chi connectivity index (χ0) is 16.9. The number of rotatable bonds is 12. The van der Waals surface area contributed by atoms with Gasteiger partial charge in [0.1, 0.15) is 0 Å². The molecule has 0 saturated carbocycles. The maximum atomic E-state index is 12.1. The van der Waals surface area contributed by atoms with Crippen LogP contribution in [0.1, 0.15) is 69.8 Å². The summed E-state index contributed by atoms with van der Waals surface area (Å²) < 4.78 is 0. The Bertz CT molecular complexity index is 463. The zero-order valence-electron chi connectivity index (χ0n) is 14.0. The third-order valence-electron chi connectivity index (χ3n) is 3.86. The van der Waals surface area contributed by atoms with Gasteiger partial charge in [-0.2, -0.15) is 0 Å². The molecule has 2 N–H and O–H groups in total. The SMILES string of the molecule is CCCCCCCCCCNC(=O)C(C(=O)O)c1cccnc1. The van der Waals surface area contributed by atoms with E-state index in [4.69, 9.17) is 0 Å². The summed E-state index contributed by atoms with van der Waals surface area (Å²) in [6, 6.07) is 3.25. The predicted molar refractivity (Wildman–Crippen MR) is 90.2 cm³/mol. The van der Waals surface area contributed by atoms with E-state index in [2.05, 4.69) is 17.2 Å². The van der Waals surface area contributed by atoms with Crippen LogP contribution in [0, 0.1) is 0 Å². The highest BCUT2D eigenvalue weighted by Gasteiger charge is 2.27. The number of carboxylic acid groups (broad SMARTS) is 1. The molecule has 0 radical (unpaired) electrons. The molecule has 0 spiro atoms. The van der Waals surface area contributed by atoms with Crippen molar-refractivity contribution in [2.24, 2.45) is 0 Å². The van der Waals surface area contributed by atoms with Gasteiger partial charge in [0.2, 0.25) is 5.91 Å². The molecular formula is C18H28N2O3. The van der Waals surface area contributed by atoms with Crippen LogP contribution in [0.4, 0.5) is 0 Å². The van der Waals surface area contributed by atoms with Gasteiger partial charge in [0.25, 0.3) is 0 Å². The Hall–Kier alpha value is -1.91. The van der Waals surface area contributed by atoms with Gasteiger partial charge < -0.3 is 10.4 Å². The second-order valence-electron chi connectivity index (χ2n) is 5.82. The fraction of sp³-hybridized carbons (Fsp3) is 0.611. The number of carbonyl (C=O) groups excluding carboxylic acids is 1. The van der Waals surface area contributed by atoms with Crippen LogP contribution < -0.4 is 5.32 Å². The van der Waals surface area contributed by atoms with Crippen molar-refractivity contribution in [2.75, 3.05) is 6.54 Å². The molecule has 1 aromatic rings. The first kappa shape index (κ1) is 19.1. The molecule has 128 valence electrons. The monoisotopic (exact) mass is 320 g/mol. The summed E-state index contributed by atoms with van der Waals surface area (Å²) in [4.78, 5) is 27.3. The molecule has 1 heterocycles. The van der Waals surface area contributed by atoms with Gasteiger partial charge in [-0.25, -0.2) is 0 Å². The summed E-state index contributed by atoms with van der Waals surface area (Å²) in [5, 5.41) is 12.0. The van der Waals surface area contributed by atoms with Gasteiger partial charge in [0, 0.05) is 18.9 Å². The highest BCUT2D eigenvalue weighted by Crippen LogP contribution is 2.15. The molecule has 0 bridgehead atoms. The molecule has 1 aromatic heterocycles. The first-order valence-corrected chi connectivity index (χ1v) is 8.57. The fourth-order valence-corrected chi connectivity index (χ4v) is 2.53. The number of nitrogens with one attached hydrogen (secondary N) is 1. The lowest BCUT2D eigenvalue weighted by molar-refractivity contribution is -0.143. The molecule has 1 atom stereocenters. The normalized spacial score (nSPS) is 11.9. The standard InChI is InChI=1S/C18H28N2O3/c1-2-3-4-5-6-7-8-9-13-20-17(21)16(18(22)23)15-11-10-12-19-14-15/h10-12,14,16H,2-9,13H2,1H3,(H,20,21)(H,22,23). The van der Waals surface area contributed by atoms with Crippen molar-refractivity contribution in [3.63, 3.8) is 0 Å². The average molecular weight is 320 g/mol. The maximum Gasteiger partial charge on any atom is 0.320 e. The van der Waals surface area contributed by atoms with Gasteiger partial charge in [-0.3, -0.25) is 14.6 Å². The number of unbranched alkanes of at least 4 members (excludes halogenated alkanes) is 7. The number of aromatic nitrogens is 1. The largest absolute Gasteiger partial charge is 0.480 e. The molecule has 0 aliphatic carbocycles. The molecule has 23 heavy (non-hydrogen) atoms. The zero-order valence-corrected chi connectivity index (χ0v) is 14.0. The van der Waals surface area contributed by atoms with Crippen LogP contribution in [0.15, 0.2) is 24.5 Å². The lowest BCUT2D eigenvalue weighted by Crippen LogP contribution is -2.34. The van der Waals surface area contributed by atoms with Gasteiger partial charge in [-0.1, -0.05) is 57.9 Å². The molecule has 1 rings (SSSR count). The van der Waals surface area contributed by atoms with Crippen LogP contribution in [-0.4, -0.2) is 28.5 Å². The van der Waals surface area contributed by atoms with E-state index in [0.29, 0.717) is 12.1 Å². The van der Waals surface area contributed by atoms with Crippen LogP contribution in [0.2, 0.25) is 0 Å². The van der Waals surface area contributed by atoms with Gasteiger partial charge in [-0.15, -0.1) is 0 Å². The second kappa shape index (κ2) is 11.6. The minimum atomic E-state index is -1.18. The van der Waals surface area contributed by atoms with Crippen molar-refractivity contribution in [1.82, 2.24) is 10.3 Å². The number of pyridine rings is 1. The smallest absolute Gasteiger partial charge is 0.320 e. The summed E-state index contributed by atoms with van der Waals surface area (Å²) >= 11 is 0. The first-order valence-electron chi connectivity index (χ1n) is 8.57. The lowest BCUT2D eigenvalue weighted by atomic mass is 10.0. The predicted octanol–water partition coefficient (Wildman–Crippen LogP) is 3.51. The van der Waals surface area contributed by atoms with Crippen molar-refractivity contribution < 1.29 is 14.7 Å². The molecule has 0 aliphatic rings. The summed E-state index contributed by atoms with van der Waals surface area (Å²) in [7, 11) is 0. The highest BCUT2D eigenvalue weighted by atomic mass is 16.4. The Balaban J connectivity index is 2.23. The number of carboxylic acids is 1. The first-order chi connectivity index (χ1) is 11.2. The summed E-state index contributed by atoms with van der Waals surface area (Å²) in [5.41, 5.74) is 0.411. The van der Waals surface area contributed by atoms with Crippen molar-refractivity contribution in [1.29, 1.82) is 0 Å². The van der Waals surface area contributed by atoms with Crippen LogP contribution in [0.5, 0.6) is 0 Å². The summed E-state index contributed by atoms with van der Waals surface area (Å²) in [5.74, 6) is -2.79. The molecule has 1 amide bonds. The maximum absolute atomic E-state index is 12.1. The summed E-state index contributed by atoms with van der Waals surface area (Å²) in [6.45, 7) is 2.73. The molecule has 0 saturated heterocycles. The Labute approximate surface area is 138 Å². The van der Waals surface area contributed by atoms with Crippen molar-refractivity contribution in [3.8, 4) is 0 Å². The van der Waals surface area contributed by atoms with E-state index >= 15 is 0 Å². The minimum absolute atomic E-state index is 0.411. The topological polar surface area (TPSA) is 79.3 Å². The number of nitrogens with zero attached hydrogens (tertiary/aromatic N) is 1. The molecule has 1 unspecified atom stereocenters. The number of hydrogen-bond donors (Lipinski definition) is 2. The average Bonchev–Trinajstić information content (AvgIpc) is 2.54. The second-order valence-corrected chi connectivity index (χ2v) is 5.82. The van der Waals surface area contributed by atoms with Crippen LogP contribution in [0.3, 0.4) is 0 Å². The Morgan fingerprint density at radius 3 is 2.35 bits per heavy atom. The quantitative estimate of drug-likeness (QED) is 0.456. The minimum Gasteiger partial charge on any atom is -0.480 e. The Morgan fingerprint density at radius 1 is 1.13 bits per heavy atom. The van der Waals surface area contributed by atoms with E-state index < -0.39 is 17.8 Å². The van der Waals surface area contributed by atoms with Crippen LogP contribution in [-0.2, 0) is 9.59 Å². The Kier molecular flexibility index (Phi) is 9.68. The number of hydrogen-bond acceptors (Lipinski definition) is 3. The van der Waals surface area contributed by atoms with Gasteiger partial charge >= 0.3 is 5.97 Å².